The first kappa shape index (κ1) is 12.3. The smallest absolute Gasteiger partial charge is 0.129 e. The maximum absolute atomic E-state index is 13.7. The van der Waals surface area contributed by atoms with Crippen LogP contribution < -0.4 is 0 Å². The third kappa shape index (κ3) is 2.41. The van der Waals surface area contributed by atoms with E-state index in [9.17, 15) is 4.39 Å². The van der Waals surface area contributed by atoms with Gasteiger partial charge in [0.15, 0.2) is 0 Å². The van der Waals surface area contributed by atoms with Gasteiger partial charge in [-0.2, -0.15) is 0 Å². The molecule has 0 amide bonds. The summed E-state index contributed by atoms with van der Waals surface area (Å²) in [7, 11) is 0. The highest BCUT2D eigenvalue weighted by Crippen LogP contribution is 2.22. The topological polar surface area (TPSA) is 17.8 Å². The average molecular weight is 297 g/mol. The Kier molecular flexibility index (Phi) is 3.94. The van der Waals surface area contributed by atoms with E-state index < -0.39 is 0 Å². The molecular weight excluding hydrogens is 283 g/mol. The molecule has 2 nitrogen and oxygen atoms in total. The van der Waals surface area contributed by atoms with Gasteiger partial charge < -0.3 is 4.57 Å². The molecule has 0 aliphatic rings. The van der Waals surface area contributed by atoms with Gasteiger partial charge >= 0.3 is 0 Å². The molecule has 0 unspecified atom stereocenters. The van der Waals surface area contributed by atoms with Crippen LogP contribution in [0.4, 0.5) is 4.39 Å². The average Bonchev–Trinajstić information content (AvgIpc) is 2.77. The van der Waals surface area contributed by atoms with Crippen molar-refractivity contribution in [3.63, 3.8) is 0 Å². The predicted octanol–water partition coefficient (Wildman–Crippen LogP) is 3.86. The molecular formula is C13H14BrFN2. The van der Waals surface area contributed by atoms with Crippen molar-refractivity contribution in [3.05, 3.63) is 47.8 Å². The lowest BCUT2D eigenvalue weighted by molar-refractivity contribution is 0.615. The van der Waals surface area contributed by atoms with Crippen LogP contribution in [0.25, 0.3) is 5.69 Å². The van der Waals surface area contributed by atoms with Crippen LogP contribution >= 0.6 is 15.9 Å². The molecule has 0 aliphatic heterocycles. The molecule has 1 heterocycles. The molecule has 2 rings (SSSR count). The van der Waals surface area contributed by atoms with Crippen LogP contribution in [0.15, 0.2) is 30.6 Å². The van der Waals surface area contributed by atoms with Gasteiger partial charge in [-0.1, -0.05) is 28.9 Å². The molecule has 0 atom stereocenters. The summed E-state index contributed by atoms with van der Waals surface area (Å²) in [5, 5.41) is 0.499. The molecule has 17 heavy (non-hydrogen) atoms. The van der Waals surface area contributed by atoms with Crippen molar-refractivity contribution in [2.75, 3.05) is 0 Å². The highest BCUT2D eigenvalue weighted by molar-refractivity contribution is 9.08. The van der Waals surface area contributed by atoms with Gasteiger partial charge in [0.25, 0.3) is 0 Å². The first-order valence-electron chi connectivity index (χ1n) is 5.64. The summed E-state index contributed by atoms with van der Waals surface area (Å²) >= 11 is 3.33. The van der Waals surface area contributed by atoms with Crippen molar-refractivity contribution in [2.45, 2.75) is 25.1 Å². The number of hydrogen-bond donors (Lipinski definition) is 0. The Morgan fingerprint density at radius 2 is 2.24 bits per heavy atom. The summed E-state index contributed by atoms with van der Waals surface area (Å²) in [4.78, 5) is 4.31. The fourth-order valence-corrected chi connectivity index (χ4v) is 2.42. The second-order valence-electron chi connectivity index (χ2n) is 3.83. The Hall–Kier alpha value is -1.16. The molecule has 0 bridgehead atoms. The van der Waals surface area contributed by atoms with Crippen LogP contribution in [0.5, 0.6) is 0 Å². The van der Waals surface area contributed by atoms with Gasteiger partial charge in [0.2, 0.25) is 0 Å². The van der Waals surface area contributed by atoms with Crippen LogP contribution in [0.2, 0.25) is 0 Å². The van der Waals surface area contributed by atoms with Gasteiger partial charge in [0, 0.05) is 29.7 Å². The van der Waals surface area contributed by atoms with E-state index >= 15 is 0 Å². The minimum atomic E-state index is -0.185. The van der Waals surface area contributed by atoms with E-state index in [1.54, 1.807) is 12.3 Å². The van der Waals surface area contributed by atoms with Crippen LogP contribution in [-0.2, 0) is 11.8 Å². The molecule has 0 fully saturated rings. The summed E-state index contributed by atoms with van der Waals surface area (Å²) < 4.78 is 15.7. The summed E-state index contributed by atoms with van der Waals surface area (Å²) in [5.41, 5.74) is 1.53. The van der Waals surface area contributed by atoms with Crippen molar-refractivity contribution in [1.82, 2.24) is 9.55 Å². The second-order valence-corrected chi connectivity index (χ2v) is 4.40. The zero-order valence-electron chi connectivity index (χ0n) is 9.66. The monoisotopic (exact) mass is 296 g/mol. The lowest BCUT2D eigenvalue weighted by atomic mass is 10.2. The van der Waals surface area contributed by atoms with Crippen LogP contribution in [0, 0.1) is 5.82 Å². The van der Waals surface area contributed by atoms with Crippen LogP contribution in [0.3, 0.4) is 0 Å². The van der Waals surface area contributed by atoms with E-state index in [-0.39, 0.29) is 5.82 Å². The molecule has 1 aromatic carbocycles. The van der Waals surface area contributed by atoms with Gasteiger partial charge in [0.1, 0.15) is 11.6 Å². The number of halogens is 2. The van der Waals surface area contributed by atoms with E-state index in [4.69, 9.17) is 0 Å². The molecule has 2 aromatic rings. The van der Waals surface area contributed by atoms with Crippen molar-refractivity contribution >= 4 is 15.9 Å². The van der Waals surface area contributed by atoms with E-state index in [1.807, 2.05) is 16.8 Å². The van der Waals surface area contributed by atoms with E-state index in [1.165, 1.54) is 6.07 Å². The molecule has 0 saturated heterocycles. The Morgan fingerprint density at radius 1 is 1.41 bits per heavy atom. The minimum Gasteiger partial charge on any atom is -0.303 e. The fourth-order valence-electron chi connectivity index (χ4n) is 1.87. The molecule has 0 aliphatic carbocycles. The number of imidazole rings is 1. The SMILES string of the molecule is CCCc1nccn1-c1cccc(F)c1CBr. The van der Waals surface area contributed by atoms with E-state index in [0.717, 1.165) is 24.4 Å². The van der Waals surface area contributed by atoms with Crippen LogP contribution in [-0.4, -0.2) is 9.55 Å². The summed E-state index contributed by atoms with van der Waals surface area (Å²) in [6.07, 6.45) is 5.56. The number of benzene rings is 1. The van der Waals surface area contributed by atoms with Gasteiger partial charge in [0.05, 0.1) is 5.69 Å². The van der Waals surface area contributed by atoms with Gasteiger partial charge in [-0.3, -0.25) is 0 Å². The second kappa shape index (κ2) is 5.45. The van der Waals surface area contributed by atoms with E-state index in [0.29, 0.717) is 10.9 Å². The normalized spacial score (nSPS) is 10.8. The van der Waals surface area contributed by atoms with E-state index in [2.05, 4.69) is 27.8 Å². The number of aromatic nitrogens is 2. The Labute approximate surface area is 109 Å². The molecule has 0 N–H and O–H groups in total. The summed E-state index contributed by atoms with van der Waals surface area (Å²) in [5.74, 6) is 0.788. The van der Waals surface area contributed by atoms with Crippen LogP contribution in [0.1, 0.15) is 24.7 Å². The Balaban J connectivity index is 2.52. The molecule has 1 aromatic heterocycles. The first-order valence-corrected chi connectivity index (χ1v) is 6.76. The van der Waals surface area contributed by atoms with Gasteiger partial charge in [-0.15, -0.1) is 0 Å². The lowest BCUT2D eigenvalue weighted by Crippen LogP contribution is -2.04. The summed E-state index contributed by atoms with van der Waals surface area (Å²) in [6, 6.07) is 5.13. The fraction of sp³-hybridized carbons (Fsp3) is 0.308. The number of hydrogen-bond acceptors (Lipinski definition) is 1. The number of rotatable bonds is 4. The van der Waals surface area contributed by atoms with Crippen molar-refractivity contribution in [3.8, 4) is 5.69 Å². The van der Waals surface area contributed by atoms with Crippen molar-refractivity contribution in [2.24, 2.45) is 0 Å². The molecule has 0 radical (unpaired) electrons. The molecule has 90 valence electrons. The Bertz CT molecular complexity index is 508. The lowest BCUT2D eigenvalue weighted by Gasteiger charge is -2.12. The standard InChI is InChI=1S/C13H14BrFN2/c1-2-4-13-16-7-8-17(13)12-6-3-5-11(15)10(12)9-14/h3,5-8H,2,4,9H2,1H3. The third-order valence-corrected chi connectivity index (χ3v) is 3.24. The maximum Gasteiger partial charge on any atom is 0.129 e. The largest absolute Gasteiger partial charge is 0.303 e. The third-order valence-electron chi connectivity index (χ3n) is 2.68. The molecule has 0 spiro atoms. The van der Waals surface area contributed by atoms with Crippen molar-refractivity contribution < 1.29 is 4.39 Å². The predicted molar refractivity (Wildman–Crippen MR) is 70.1 cm³/mol. The zero-order chi connectivity index (χ0) is 12.3. The summed E-state index contributed by atoms with van der Waals surface area (Å²) in [6.45, 7) is 2.11. The Morgan fingerprint density at radius 3 is 2.94 bits per heavy atom. The minimum absolute atomic E-state index is 0.185. The number of alkyl halides is 1. The van der Waals surface area contributed by atoms with Crippen molar-refractivity contribution in [1.29, 1.82) is 0 Å². The highest BCUT2D eigenvalue weighted by Gasteiger charge is 2.11. The number of nitrogens with zero attached hydrogens (tertiary/aromatic N) is 2. The maximum atomic E-state index is 13.7. The van der Waals surface area contributed by atoms with Gasteiger partial charge in [-0.25, -0.2) is 9.37 Å². The number of aryl methyl sites for hydroxylation is 1. The first-order chi connectivity index (χ1) is 8.27. The molecule has 0 saturated carbocycles. The zero-order valence-corrected chi connectivity index (χ0v) is 11.2. The molecule has 4 heteroatoms. The highest BCUT2D eigenvalue weighted by atomic mass is 79.9. The van der Waals surface area contributed by atoms with Gasteiger partial charge in [-0.05, 0) is 18.6 Å². The quantitative estimate of drug-likeness (QED) is 0.784.